The lowest BCUT2D eigenvalue weighted by Crippen LogP contribution is -2.45. The van der Waals surface area contributed by atoms with E-state index in [1.54, 1.807) is 0 Å². The number of Topliss-reactive ketones (excluding diaryl/α,β-unsaturated/α-hetero) is 1. The van der Waals surface area contributed by atoms with Crippen LogP contribution in [0, 0.1) is 0 Å². The number of fused-ring (bicyclic) bond motifs is 3. The summed E-state index contributed by atoms with van der Waals surface area (Å²) in [5.74, 6) is -0.578. The molecule has 2 aromatic carbocycles. The number of allylic oxidation sites excluding steroid dienone is 4. The third kappa shape index (κ3) is 3.83. The van der Waals surface area contributed by atoms with Gasteiger partial charge in [0.2, 0.25) is 0 Å². The van der Waals surface area contributed by atoms with E-state index >= 15 is 0 Å². The van der Waals surface area contributed by atoms with Gasteiger partial charge in [-0.25, -0.2) is 0 Å². The molecule has 3 heteroatoms. The van der Waals surface area contributed by atoms with Gasteiger partial charge in [0.25, 0.3) is 0 Å². The van der Waals surface area contributed by atoms with E-state index in [2.05, 4.69) is 60.7 Å². The minimum absolute atomic E-state index is 0.137. The van der Waals surface area contributed by atoms with E-state index < -0.39 is 17.5 Å². The van der Waals surface area contributed by atoms with Gasteiger partial charge in [-0.1, -0.05) is 97.1 Å². The van der Waals surface area contributed by atoms with Crippen LogP contribution >= 0.6 is 0 Å². The molecule has 0 radical (unpaired) electrons. The van der Waals surface area contributed by atoms with Crippen LogP contribution in [0.4, 0.5) is 0 Å². The van der Waals surface area contributed by atoms with Crippen molar-refractivity contribution < 1.29 is 14.3 Å². The summed E-state index contributed by atoms with van der Waals surface area (Å²) in [6, 6.07) is 20.4. The number of carbonyl (C=O) groups excluding carboxylic acids is 1. The second-order valence-corrected chi connectivity index (χ2v) is 8.86. The molecule has 2 heterocycles. The zero-order valence-electron chi connectivity index (χ0n) is 18.4. The van der Waals surface area contributed by atoms with Crippen molar-refractivity contribution in [3.05, 3.63) is 107 Å². The highest BCUT2D eigenvalue weighted by molar-refractivity contribution is 5.88. The normalized spacial score (nSPS) is 32.3. The van der Waals surface area contributed by atoms with Gasteiger partial charge in [0, 0.05) is 12.8 Å². The maximum absolute atomic E-state index is 12.9. The molecule has 0 unspecified atom stereocenters. The smallest absolute Gasteiger partial charge is 0.168 e. The van der Waals surface area contributed by atoms with Crippen LogP contribution in [-0.2, 0) is 14.3 Å². The summed E-state index contributed by atoms with van der Waals surface area (Å²) in [5.41, 5.74) is 3.72. The first-order chi connectivity index (χ1) is 15.6. The number of ether oxygens (including phenoxy) is 2. The third-order valence-electron chi connectivity index (χ3n) is 6.62. The fourth-order valence-corrected chi connectivity index (χ4v) is 5.04. The Morgan fingerprint density at radius 2 is 1.34 bits per heavy atom. The van der Waals surface area contributed by atoms with Crippen molar-refractivity contribution in [2.24, 2.45) is 0 Å². The number of benzene rings is 2. The van der Waals surface area contributed by atoms with Crippen molar-refractivity contribution in [1.82, 2.24) is 0 Å². The van der Waals surface area contributed by atoms with Crippen LogP contribution in [-0.4, -0.2) is 23.3 Å². The van der Waals surface area contributed by atoms with Crippen molar-refractivity contribution in [2.75, 3.05) is 0 Å². The second kappa shape index (κ2) is 8.50. The molecule has 2 aliphatic heterocycles. The van der Waals surface area contributed by atoms with E-state index in [4.69, 9.17) is 9.47 Å². The number of hydrogen-bond acceptors (Lipinski definition) is 3. The number of carbonyl (C=O) groups is 1. The summed E-state index contributed by atoms with van der Waals surface area (Å²) in [4.78, 5) is 12.9. The van der Waals surface area contributed by atoms with Crippen LogP contribution in [0.25, 0.3) is 12.2 Å². The Bertz CT molecular complexity index is 1040. The van der Waals surface area contributed by atoms with Crippen LogP contribution in [0.2, 0.25) is 0 Å². The first-order valence-corrected chi connectivity index (χ1v) is 11.4. The third-order valence-corrected chi connectivity index (χ3v) is 6.62. The van der Waals surface area contributed by atoms with E-state index in [1.807, 2.05) is 43.3 Å². The average Bonchev–Trinajstić information content (AvgIpc) is 3.28. The number of rotatable bonds is 4. The van der Waals surface area contributed by atoms with E-state index in [0.29, 0.717) is 12.8 Å². The van der Waals surface area contributed by atoms with Crippen LogP contribution in [0.15, 0.2) is 96.1 Å². The van der Waals surface area contributed by atoms with Gasteiger partial charge >= 0.3 is 0 Å². The Morgan fingerprint density at radius 1 is 0.812 bits per heavy atom. The Labute approximate surface area is 189 Å². The molecule has 0 aromatic heterocycles. The molecule has 2 saturated heterocycles. The highest BCUT2D eigenvalue weighted by Crippen LogP contribution is 2.56. The zero-order chi connectivity index (χ0) is 22.0. The van der Waals surface area contributed by atoms with E-state index in [-0.39, 0.29) is 5.78 Å². The van der Waals surface area contributed by atoms with Gasteiger partial charge in [0.05, 0.1) is 0 Å². The molecule has 0 amide bonds. The molecule has 0 N–H and O–H groups in total. The first kappa shape index (κ1) is 20.9. The standard InChI is InChI=1S/C29H28O3/c1-28-21-20-26(30)27(31-28)29(32-28)24(16-8-14-22-10-4-2-5-11-22)18-19-25(29)17-9-15-23-12-6-3-7-13-23/h2-17,27H,18-21H2,1H3/b14-8+,15-9+,24-16+,25-17+/t27-,28-/m0/s1. The zero-order valence-corrected chi connectivity index (χ0v) is 18.4. The largest absolute Gasteiger partial charge is 0.335 e. The molecule has 1 aliphatic carbocycles. The van der Waals surface area contributed by atoms with E-state index in [9.17, 15) is 4.79 Å². The van der Waals surface area contributed by atoms with Gasteiger partial charge in [-0.3, -0.25) is 4.79 Å². The Kier molecular flexibility index (Phi) is 5.54. The number of ketones is 1. The fourth-order valence-electron chi connectivity index (χ4n) is 5.04. The van der Waals surface area contributed by atoms with Gasteiger partial charge in [0.1, 0.15) is 5.60 Å². The fraction of sp³-hybridized carbons (Fsp3) is 0.276. The maximum atomic E-state index is 12.9. The summed E-state index contributed by atoms with van der Waals surface area (Å²) in [7, 11) is 0. The Morgan fingerprint density at radius 3 is 1.88 bits per heavy atom. The van der Waals surface area contributed by atoms with Gasteiger partial charge in [0.15, 0.2) is 17.7 Å². The summed E-state index contributed by atoms with van der Waals surface area (Å²) < 4.78 is 12.9. The quantitative estimate of drug-likeness (QED) is 0.578. The van der Waals surface area contributed by atoms with Crippen LogP contribution < -0.4 is 0 Å². The summed E-state index contributed by atoms with van der Waals surface area (Å²) in [5, 5.41) is 0. The lowest BCUT2D eigenvalue weighted by Gasteiger charge is -2.30. The van der Waals surface area contributed by atoms with Crippen molar-refractivity contribution in [3.63, 3.8) is 0 Å². The van der Waals surface area contributed by atoms with Crippen molar-refractivity contribution in [3.8, 4) is 0 Å². The molecule has 1 spiro atoms. The Balaban J connectivity index is 1.51. The highest BCUT2D eigenvalue weighted by atomic mass is 16.8. The molecular weight excluding hydrogens is 396 g/mol. The summed E-state index contributed by atoms with van der Waals surface area (Å²) >= 11 is 0. The van der Waals surface area contributed by atoms with Gasteiger partial charge in [-0.2, -0.15) is 0 Å². The molecular formula is C29H28O3. The molecule has 3 nitrogen and oxygen atoms in total. The predicted octanol–water partition coefficient (Wildman–Crippen LogP) is 6.29. The molecule has 32 heavy (non-hydrogen) atoms. The van der Waals surface area contributed by atoms with Crippen LogP contribution in [0.1, 0.15) is 43.7 Å². The summed E-state index contributed by atoms with van der Waals surface area (Å²) in [6.45, 7) is 1.97. The van der Waals surface area contributed by atoms with Gasteiger partial charge < -0.3 is 9.47 Å². The molecule has 3 fully saturated rings. The Hall–Kier alpha value is -3.01. The van der Waals surface area contributed by atoms with Crippen molar-refractivity contribution >= 4 is 17.9 Å². The highest BCUT2D eigenvalue weighted by Gasteiger charge is 2.64. The van der Waals surface area contributed by atoms with Gasteiger partial charge in [-0.05, 0) is 42.0 Å². The predicted molar refractivity (Wildman–Crippen MR) is 128 cm³/mol. The molecule has 5 rings (SSSR count). The lowest BCUT2D eigenvalue weighted by atomic mass is 9.83. The van der Waals surface area contributed by atoms with Gasteiger partial charge in [-0.15, -0.1) is 0 Å². The van der Waals surface area contributed by atoms with Crippen molar-refractivity contribution in [2.45, 2.75) is 50.1 Å². The molecule has 3 aliphatic rings. The number of hydrogen-bond donors (Lipinski definition) is 0. The van der Waals surface area contributed by atoms with E-state index in [0.717, 1.165) is 35.1 Å². The van der Waals surface area contributed by atoms with E-state index in [1.165, 1.54) is 0 Å². The minimum atomic E-state index is -0.801. The lowest BCUT2D eigenvalue weighted by molar-refractivity contribution is -0.185. The van der Waals surface area contributed by atoms with Crippen LogP contribution in [0.3, 0.4) is 0 Å². The average molecular weight is 425 g/mol. The topological polar surface area (TPSA) is 35.5 Å². The molecule has 2 bridgehead atoms. The SMILES string of the molecule is C[C@]12CCC(=O)[C@H](O1)C1(O2)/C(=C/C=C/c2ccccc2)CC/C1=C\C=C\c1ccccc1. The second-order valence-electron chi connectivity index (χ2n) is 8.86. The molecule has 1 saturated carbocycles. The molecule has 2 aromatic rings. The summed E-state index contributed by atoms with van der Waals surface area (Å²) in [6.07, 6.45) is 14.8. The molecule has 2 atom stereocenters. The first-order valence-electron chi connectivity index (χ1n) is 11.4. The molecule has 162 valence electrons. The minimum Gasteiger partial charge on any atom is -0.335 e. The van der Waals surface area contributed by atoms with Crippen molar-refractivity contribution in [1.29, 1.82) is 0 Å². The maximum Gasteiger partial charge on any atom is 0.168 e. The monoisotopic (exact) mass is 424 g/mol. The van der Waals surface area contributed by atoms with Crippen LogP contribution in [0.5, 0.6) is 0 Å².